The molecule has 0 radical (unpaired) electrons. The molecule has 130 valence electrons. The van der Waals surface area contributed by atoms with E-state index in [0.29, 0.717) is 11.4 Å². The number of primary amides is 1. The number of thioether (sulfide) groups is 1. The minimum Gasteiger partial charge on any atom is -0.467 e. The standard InChI is InChI=1S/C17H19N5O2S/c1-11-15(12(2)22(3)21-11)24-17(16(18)23)8-13(9-19-10-17)25-14-6-4-5-7-20-14/h4-9H,10H2,1-3H3,(H2,18,23). The van der Waals surface area contributed by atoms with E-state index in [1.807, 2.05) is 39.1 Å². The van der Waals surface area contributed by atoms with Crippen molar-refractivity contribution in [1.82, 2.24) is 14.8 Å². The van der Waals surface area contributed by atoms with E-state index < -0.39 is 11.5 Å². The van der Waals surface area contributed by atoms with E-state index in [1.165, 1.54) is 11.8 Å². The third-order valence-corrected chi connectivity index (χ3v) is 4.83. The zero-order valence-electron chi connectivity index (χ0n) is 14.3. The van der Waals surface area contributed by atoms with Crippen molar-refractivity contribution in [2.45, 2.75) is 24.5 Å². The average molecular weight is 357 g/mol. The summed E-state index contributed by atoms with van der Waals surface area (Å²) in [5.41, 5.74) is 5.85. The van der Waals surface area contributed by atoms with Gasteiger partial charge in [0, 0.05) is 24.4 Å². The van der Waals surface area contributed by atoms with Crippen LogP contribution in [-0.2, 0) is 11.8 Å². The third-order valence-electron chi connectivity index (χ3n) is 3.92. The Morgan fingerprint density at radius 3 is 2.80 bits per heavy atom. The molecule has 0 saturated carbocycles. The van der Waals surface area contributed by atoms with Crippen molar-refractivity contribution in [3.05, 3.63) is 46.8 Å². The lowest BCUT2D eigenvalue weighted by atomic mass is 10.0. The monoisotopic (exact) mass is 357 g/mol. The van der Waals surface area contributed by atoms with Crippen LogP contribution in [0.2, 0.25) is 0 Å². The van der Waals surface area contributed by atoms with Crippen molar-refractivity contribution in [3.63, 3.8) is 0 Å². The number of nitrogens with zero attached hydrogens (tertiary/aromatic N) is 4. The predicted molar refractivity (Wildman–Crippen MR) is 96.8 cm³/mol. The molecule has 0 bridgehead atoms. The van der Waals surface area contributed by atoms with Crippen LogP contribution in [0.3, 0.4) is 0 Å². The number of hydrogen-bond acceptors (Lipinski definition) is 6. The zero-order chi connectivity index (χ0) is 18.0. The molecular weight excluding hydrogens is 338 g/mol. The fraction of sp³-hybridized carbons (Fsp3) is 0.294. The van der Waals surface area contributed by atoms with Crippen molar-refractivity contribution in [2.24, 2.45) is 17.8 Å². The van der Waals surface area contributed by atoms with Crippen molar-refractivity contribution in [2.75, 3.05) is 6.54 Å². The molecule has 1 aliphatic heterocycles. The van der Waals surface area contributed by atoms with Gasteiger partial charge in [-0.2, -0.15) is 5.10 Å². The topological polar surface area (TPSA) is 95.4 Å². The maximum atomic E-state index is 12.2. The van der Waals surface area contributed by atoms with Gasteiger partial charge in [-0.3, -0.25) is 14.5 Å². The van der Waals surface area contributed by atoms with Gasteiger partial charge in [0.25, 0.3) is 5.91 Å². The molecule has 0 aliphatic carbocycles. The summed E-state index contributed by atoms with van der Waals surface area (Å²) >= 11 is 1.40. The van der Waals surface area contributed by atoms with Gasteiger partial charge in [0.15, 0.2) is 5.75 Å². The first-order valence-corrected chi connectivity index (χ1v) is 8.53. The molecule has 0 aromatic carbocycles. The molecule has 0 saturated heterocycles. The van der Waals surface area contributed by atoms with Gasteiger partial charge in [0.2, 0.25) is 5.60 Å². The Morgan fingerprint density at radius 2 is 2.20 bits per heavy atom. The fourth-order valence-electron chi connectivity index (χ4n) is 2.51. The number of rotatable bonds is 5. The molecule has 2 N–H and O–H groups in total. The Balaban J connectivity index is 1.94. The van der Waals surface area contributed by atoms with Crippen LogP contribution in [0.1, 0.15) is 11.4 Å². The number of amides is 1. The molecule has 1 aliphatic rings. The summed E-state index contributed by atoms with van der Waals surface area (Å²) in [6.07, 6.45) is 5.13. The van der Waals surface area contributed by atoms with Gasteiger partial charge in [-0.25, -0.2) is 4.98 Å². The highest BCUT2D eigenvalue weighted by Crippen LogP contribution is 2.33. The second-order valence-electron chi connectivity index (χ2n) is 5.77. The molecule has 3 heterocycles. The highest BCUT2D eigenvalue weighted by Gasteiger charge is 2.40. The number of aryl methyl sites for hydroxylation is 2. The molecule has 7 nitrogen and oxygen atoms in total. The highest BCUT2D eigenvalue weighted by atomic mass is 32.2. The minimum atomic E-state index is -1.34. The lowest BCUT2D eigenvalue weighted by Crippen LogP contribution is -2.51. The molecule has 0 spiro atoms. The van der Waals surface area contributed by atoms with Crippen LogP contribution in [0, 0.1) is 13.8 Å². The maximum Gasteiger partial charge on any atom is 0.267 e. The molecule has 25 heavy (non-hydrogen) atoms. The minimum absolute atomic E-state index is 0.127. The number of hydrogen-bond donors (Lipinski definition) is 1. The van der Waals surface area contributed by atoms with Gasteiger partial charge in [-0.05, 0) is 32.1 Å². The molecule has 2 aromatic rings. The third kappa shape index (κ3) is 3.43. The van der Waals surface area contributed by atoms with Crippen molar-refractivity contribution < 1.29 is 9.53 Å². The summed E-state index contributed by atoms with van der Waals surface area (Å²) in [6, 6.07) is 5.63. The fourth-order valence-corrected chi connectivity index (χ4v) is 3.39. The number of dihydropyridines is 1. The lowest BCUT2D eigenvalue weighted by molar-refractivity contribution is -0.129. The van der Waals surface area contributed by atoms with E-state index in [-0.39, 0.29) is 6.54 Å². The van der Waals surface area contributed by atoms with Crippen molar-refractivity contribution in [3.8, 4) is 5.75 Å². The van der Waals surface area contributed by atoms with Gasteiger partial charge in [0.1, 0.15) is 10.7 Å². The first-order valence-electron chi connectivity index (χ1n) is 7.72. The van der Waals surface area contributed by atoms with Gasteiger partial charge in [0.05, 0.1) is 12.2 Å². The number of nitrogens with two attached hydrogens (primary N) is 1. The van der Waals surface area contributed by atoms with Crippen LogP contribution in [0.25, 0.3) is 0 Å². The molecule has 1 unspecified atom stereocenters. The van der Waals surface area contributed by atoms with Crippen molar-refractivity contribution >= 4 is 23.9 Å². The first-order chi connectivity index (χ1) is 11.9. The average Bonchev–Trinajstić information content (AvgIpc) is 2.82. The number of carbonyl (C=O) groups is 1. The molecule has 8 heteroatoms. The summed E-state index contributed by atoms with van der Waals surface area (Å²) < 4.78 is 7.78. The Hall–Kier alpha value is -2.61. The van der Waals surface area contributed by atoms with Crippen LogP contribution >= 0.6 is 11.8 Å². The van der Waals surface area contributed by atoms with Gasteiger partial charge in [-0.15, -0.1) is 0 Å². The molecule has 0 fully saturated rings. The molecule has 1 atom stereocenters. The SMILES string of the molecule is Cc1nn(C)c(C)c1OC1(C(N)=O)C=C(Sc2ccccn2)C=NC1. The van der Waals surface area contributed by atoms with Crippen LogP contribution in [0.5, 0.6) is 5.75 Å². The Bertz CT molecular complexity index is 859. The summed E-state index contributed by atoms with van der Waals surface area (Å²) in [7, 11) is 1.82. The van der Waals surface area contributed by atoms with E-state index in [1.54, 1.807) is 23.2 Å². The van der Waals surface area contributed by atoms with E-state index in [4.69, 9.17) is 10.5 Å². The number of pyridine rings is 1. The van der Waals surface area contributed by atoms with Crippen LogP contribution in [-0.4, -0.2) is 39.0 Å². The number of allylic oxidation sites excluding steroid dienone is 1. The lowest BCUT2D eigenvalue weighted by Gasteiger charge is -2.29. The van der Waals surface area contributed by atoms with Crippen LogP contribution in [0.4, 0.5) is 0 Å². The molecule has 1 amide bonds. The molecule has 3 rings (SSSR count). The van der Waals surface area contributed by atoms with Gasteiger partial charge >= 0.3 is 0 Å². The largest absolute Gasteiger partial charge is 0.467 e. The van der Waals surface area contributed by atoms with E-state index in [0.717, 1.165) is 15.6 Å². The Kier molecular flexibility index (Phi) is 4.63. The van der Waals surface area contributed by atoms with E-state index >= 15 is 0 Å². The second kappa shape index (κ2) is 6.72. The Labute approximate surface area is 150 Å². The summed E-state index contributed by atoms with van der Waals surface area (Å²) in [5, 5.41) is 5.12. The maximum absolute atomic E-state index is 12.2. The highest BCUT2D eigenvalue weighted by molar-refractivity contribution is 8.03. The van der Waals surface area contributed by atoms with Gasteiger partial charge < -0.3 is 10.5 Å². The summed E-state index contributed by atoms with van der Waals surface area (Å²) in [5.74, 6) is -0.0389. The van der Waals surface area contributed by atoms with Crippen LogP contribution in [0.15, 0.2) is 45.4 Å². The smallest absolute Gasteiger partial charge is 0.267 e. The predicted octanol–water partition coefficient (Wildman–Crippen LogP) is 1.80. The van der Waals surface area contributed by atoms with Gasteiger partial charge in [-0.1, -0.05) is 17.8 Å². The summed E-state index contributed by atoms with van der Waals surface area (Å²) in [4.78, 5) is 21.6. The zero-order valence-corrected chi connectivity index (χ0v) is 15.1. The van der Waals surface area contributed by atoms with E-state index in [2.05, 4.69) is 15.1 Å². The second-order valence-corrected chi connectivity index (χ2v) is 6.86. The molecular formula is C17H19N5O2S. The van der Waals surface area contributed by atoms with E-state index in [9.17, 15) is 4.79 Å². The number of carbonyl (C=O) groups excluding carboxylic acids is 1. The quantitative estimate of drug-likeness (QED) is 0.880. The van der Waals surface area contributed by atoms with Crippen molar-refractivity contribution in [1.29, 1.82) is 0 Å². The molecule has 2 aromatic heterocycles. The number of ether oxygens (including phenoxy) is 1. The normalized spacial score (nSPS) is 19.6. The summed E-state index contributed by atoms with van der Waals surface area (Å²) in [6.45, 7) is 3.84. The first kappa shape index (κ1) is 17.2. The van der Waals surface area contributed by atoms with Crippen LogP contribution < -0.4 is 10.5 Å². The number of aromatic nitrogens is 3. The Morgan fingerprint density at radius 1 is 1.40 bits per heavy atom. The number of aliphatic imine (C=N–C) groups is 1.